The molecule has 28 heavy (non-hydrogen) atoms. The molecule has 1 aliphatic heterocycles. The molecule has 0 spiro atoms. The molecule has 3 rings (SSSR count). The summed E-state index contributed by atoms with van der Waals surface area (Å²) in [5.74, 6) is 0.425. The molecule has 0 saturated carbocycles. The van der Waals surface area contributed by atoms with Gasteiger partial charge >= 0.3 is 0 Å². The van der Waals surface area contributed by atoms with Gasteiger partial charge in [0.1, 0.15) is 6.04 Å². The number of hydrogen-bond donors (Lipinski definition) is 2. The van der Waals surface area contributed by atoms with Crippen LogP contribution in [-0.4, -0.2) is 31.1 Å². The van der Waals surface area contributed by atoms with Gasteiger partial charge in [0, 0.05) is 18.2 Å². The minimum absolute atomic E-state index is 0.119. The fourth-order valence-electron chi connectivity index (χ4n) is 2.86. The fraction of sp³-hybridized carbons (Fsp3) is 0.333. The van der Waals surface area contributed by atoms with Crippen LogP contribution >= 0.6 is 11.6 Å². The first-order valence-electron chi connectivity index (χ1n) is 9.21. The molecule has 1 heterocycles. The first-order valence-corrected chi connectivity index (χ1v) is 9.59. The Kier molecular flexibility index (Phi) is 6.41. The largest absolute Gasteiger partial charge is 0.490 e. The lowest BCUT2D eigenvalue weighted by atomic mass is 10.0. The van der Waals surface area contributed by atoms with Crippen molar-refractivity contribution in [2.75, 3.05) is 18.5 Å². The number of fused-ring (bicyclic) bond motifs is 1. The summed E-state index contributed by atoms with van der Waals surface area (Å²) in [5, 5.41) is 5.96. The lowest BCUT2D eigenvalue weighted by Gasteiger charge is -2.22. The summed E-state index contributed by atoms with van der Waals surface area (Å²) in [5.41, 5.74) is 0.907. The van der Waals surface area contributed by atoms with E-state index in [1.165, 1.54) is 0 Å². The number of carbonyl (C=O) groups is 2. The maximum absolute atomic E-state index is 12.8. The van der Waals surface area contributed by atoms with Crippen molar-refractivity contribution in [3.8, 4) is 11.5 Å². The molecule has 148 valence electrons. The van der Waals surface area contributed by atoms with Crippen LogP contribution in [0, 0.1) is 5.92 Å². The smallest absolute Gasteiger partial charge is 0.253 e. The van der Waals surface area contributed by atoms with E-state index in [9.17, 15) is 9.59 Å². The number of hydrogen-bond acceptors (Lipinski definition) is 4. The van der Waals surface area contributed by atoms with Crippen molar-refractivity contribution >= 4 is 29.1 Å². The third kappa shape index (κ3) is 4.75. The van der Waals surface area contributed by atoms with Crippen LogP contribution in [-0.2, 0) is 4.79 Å². The highest BCUT2D eigenvalue weighted by atomic mass is 35.5. The molecule has 0 saturated heterocycles. The van der Waals surface area contributed by atoms with Gasteiger partial charge in [-0.25, -0.2) is 0 Å². The SMILES string of the molecule is CC(C)C(NC(=O)c1ccccc1Cl)C(=O)Nc1ccc2c(c1)OCCCO2. The van der Waals surface area contributed by atoms with Crippen LogP contribution in [0.2, 0.25) is 5.02 Å². The normalized spacial score (nSPS) is 14.1. The summed E-state index contributed by atoms with van der Waals surface area (Å²) in [6.45, 7) is 4.89. The van der Waals surface area contributed by atoms with Gasteiger partial charge in [0.05, 0.1) is 23.8 Å². The van der Waals surface area contributed by atoms with Crippen LogP contribution in [0.15, 0.2) is 42.5 Å². The van der Waals surface area contributed by atoms with Crippen molar-refractivity contribution in [1.82, 2.24) is 5.32 Å². The molecule has 0 aliphatic carbocycles. The lowest BCUT2D eigenvalue weighted by Crippen LogP contribution is -2.47. The second-order valence-electron chi connectivity index (χ2n) is 6.88. The molecule has 0 aromatic heterocycles. The van der Waals surface area contributed by atoms with Crippen LogP contribution < -0.4 is 20.1 Å². The Morgan fingerprint density at radius 2 is 1.75 bits per heavy atom. The average molecular weight is 403 g/mol. The number of halogens is 1. The van der Waals surface area contributed by atoms with E-state index in [2.05, 4.69) is 10.6 Å². The second kappa shape index (κ2) is 8.97. The first kappa shape index (κ1) is 20.0. The number of ether oxygens (including phenoxy) is 2. The van der Waals surface area contributed by atoms with Crippen LogP contribution in [0.3, 0.4) is 0 Å². The Morgan fingerprint density at radius 3 is 2.46 bits per heavy atom. The molecular formula is C21H23ClN2O4. The molecule has 2 aromatic carbocycles. The van der Waals surface area contributed by atoms with Crippen LogP contribution in [0.4, 0.5) is 5.69 Å². The Labute approximate surface area is 169 Å². The quantitative estimate of drug-likeness (QED) is 0.795. The molecule has 1 unspecified atom stereocenters. The Hall–Kier alpha value is -2.73. The highest BCUT2D eigenvalue weighted by molar-refractivity contribution is 6.33. The van der Waals surface area contributed by atoms with E-state index in [0.29, 0.717) is 41.0 Å². The Bertz CT molecular complexity index is 869. The van der Waals surface area contributed by atoms with E-state index in [-0.39, 0.29) is 11.8 Å². The van der Waals surface area contributed by atoms with E-state index in [4.69, 9.17) is 21.1 Å². The van der Waals surface area contributed by atoms with Gasteiger partial charge in [-0.05, 0) is 30.2 Å². The third-order valence-electron chi connectivity index (χ3n) is 4.37. The lowest BCUT2D eigenvalue weighted by molar-refractivity contribution is -0.118. The minimum Gasteiger partial charge on any atom is -0.490 e. The van der Waals surface area contributed by atoms with Gasteiger partial charge in [0.25, 0.3) is 5.91 Å². The van der Waals surface area contributed by atoms with Crippen molar-refractivity contribution in [3.05, 3.63) is 53.1 Å². The maximum Gasteiger partial charge on any atom is 0.253 e. The van der Waals surface area contributed by atoms with Crippen molar-refractivity contribution in [2.24, 2.45) is 5.92 Å². The molecule has 1 aliphatic rings. The number of benzene rings is 2. The highest BCUT2D eigenvalue weighted by Crippen LogP contribution is 2.32. The second-order valence-corrected chi connectivity index (χ2v) is 7.28. The first-order chi connectivity index (χ1) is 13.5. The number of rotatable bonds is 5. The molecule has 2 aromatic rings. The molecule has 1 atom stereocenters. The molecule has 2 N–H and O–H groups in total. The molecular weight excluding hydrogens is 380 g/mol. The minimum atomic E-state index is -0.722. The predicted octanol–water partition coefficient (Wildman–Crippen LogP) is 3.89. The highest BCUT2D eigenvalue weighted by Gasteiger charge is 2.26. The van der Waals surface area contributed by atoms with Crippen molar-refractivity contribution < 1.29 is 19.1 Å². The standard InChI is InChI=1S/C21H23ClN2O4/c1-13(2)19(24-20(25)15-6-3-4-7-16(15)22)21(26)23-14-8-9-17-18(12-14)28-11-5-10-27-17/h3-4,6-9,12-13,19H,5,10-11H2,1-2H3,(H,23,26)(H,24,25). The Morgan fingerprint density at radius 1 is 1.04 bits per heavy atom. The van der Waals surface area contributed by atoms with Crippen molar-refractivity contribution in [3.63, 3.8) is 0 Å². The van der Waals surface area contributed by atoms with Crippen LogP contribution in [0.1, 0.15) is 30.6 Å². The fourth-order valence-corrected chi connectivity index (χ4v) is 3.08. The number of carbonyl (C=O) groups excluding carboxylic acids is 2. The summed E-state index contributed by atoms with van der Waals surface area (Å²) in [6.07, 6.45) is 0.805. The van der Waals surface area contributed by atoms with Gasteiger partial charge in [0.2, 0.25) is 5.91 Å². The number of anilines is 1. The summed E-state index contributed by atoms with van der Waals surface area (Å²) >= 11 is 6.09. The topological polar surface area (TPSA) is 76.7 Å². The summed E-state index contributed by atoms with van der Waals surface area (Å²) < 4.78 is 11.3. The summed E-state index contributed by atoms with van der Waals surface area (Å²) in [7, 11) is 0. The zero-order chi connectivity index (χ0) is 20.1. The van der Waals surface area contributed by atoms with Gasteiger partial charge in [-0.15, -0.1) is 0 Å². The third-order valence-corrected chi connectivity index (χ3v) is 4.70. The molecule has 0 radical (unpaired) electrons. The monoisotopic (exact) mass is 402 g/mol. The van der Waals surface area contributed by atoms with Gasteiger partial charge in [-0.1, -0.05) is 37.6 Å². The zero-order valence-corrected chi connectivity index (χ0v) is 16.6. The van der Waals surface area contributed by atoms with E-state index in [1.54, 1.807) is 42.5 Å². The van der Waals surface area contributed by atoms with Crippen molar-refractivity contribution in [1.29, 1.82) is 0 Å². The van der Waals surface area contributed by atoms with Gasteiger partial charge < -0.3 is 20.1 Å². The zero-order valence-electron chi connectivity index (χ0n) is 15.8. The van der Waals surface area contributed by atoms with E-state index in [0.717, 1.165) is 6.42 Å². The molecule has 2 amide bonds. The summed E-state index contributed by atoms with van der Waals surface area (Å²) in [4.78, 5) is 25.4. The van der Waals surface area contributed by atoms with E-state index in [1.807, 2.05) is 13.8 Å². The molecule has 0 bridgehead atoms. The van der Waals surface area contributed by atoms with E-state index < -0.39 is 11.9 Å². The average Bonchev–Trinajstić information content (AvgIpc) is 2.91. The molecule has 6 nitrogen and oxygen atoms in total. The van der Waals surface area contributed by atoms with Crippen molar-refractivity contribution in [2.45, 2.75) is 26.3 Å². The maximum atomic E-state index is 12.8. The van der Waals surface area contributed by atoms with Gasteiger partial charge in [-0.2, -0.15) is 0 Å². The predicted molar refractivity (Wildman–Crippen MR) is 108 cm³/mol. The van der Waals surface area contributed by atoms with Gasteiger partial charge in [0.15, 0.2) is 11.5 Å². The molecule has 0 fully saturated rings. The number of amides is 2. The molecule has 7 heteroatoms. The van der Waals surface area contributed by atoms with Crippen LogP contribution in [0.25, 0.3) is 0 Å². The van der Waals surface area contributed by atoms with Gasteiger partial charge in [-0.3, -0.25) is 9.59 Å². The number of nitrogens with one attached hydrogen (secondary N) is 2. The summed E-state index contributed by atoms with van der Waals surface area (Å²) in [6, 6.07) is 11.3. The van der Waals surface area contributed by atoms with Crippen LogP contribution in [0.5, 0.6) is 11.5 Å². The van der Waals surface area contributed by atoms with E-state index >= 15 is 0 Å². The Balaban J connectivity index is 1.72.